The zero-order valence-electron chi connectivity index (χ0n) is 34.1. The molecule has 0 saturated heterocycles. The molecule has 0 radical (unpaired) electrons. The van der Waals surface area contributed by atoms with Gasteiger partial charge in [0.25, 0.3) is 0 Å². The highest BCUT2D eigenvalue weighted by Crippen LogP contribution is 2.40. The number of nitrogens with zero attached hydrogens (tertiary/aromatic N) is 2. The van der Waals surface area contributed by atoms with Crippen molar-refractivity contribution in [1.29, 1.82) is 0 Å². The summed E-state index contributed by atoms with van der Waals surface area (Å²) in [5.74, 6) is 0. The molecule has 2 heteroatoms. The molecule has 0 spiro atoms. The molecule has 0 aromatic heterocycles. The molecule has 0 heterocycles. The third kappa shape index (κ3) is 7.36. The third-order valence-corrected chi connectivity index (χ3v) is 12.0. The molecule has 11 aromatic carbocycles. The Morgan fingerprint density at radius 1 is 0.210 bits per heavy atom. The molecule has 62 heavy (non-hydrogen) atoms. The van der Waals surface area contributed by atoms with Crippen LogP contribution in [0.3, 0.4) is 0 Å². The molecule has 2 nitrogen and oxygen atoms in total. The van der Waals surface area contributed by atoms with Crippen molar-refractivity contribution in [3.63, 3.8) is 0 Å². The first-order chi connectivity index (χ1) is 30.7. The predicted octanol–water partition coefficient (Wildman–Crippen LogP) is 17.1. The van der Waals surface area contributed by atoms with Crippen LogP contribution < -0.4 is 9.80 Å². The molecule has 0 fully saturated rings. The van der Waals surface area contributed by atoms with E-state index < -0.39 is 0 Å². The number of fused-ring (bicyclic) bond motifs is 4. The fraction of sp³-hybridized carbons (Fsp3) is 0. The van der Waals surface area contributed by atoms with Crippen molar-refractivity contribution in [2.45, 2.75) is 0 Å². The van der Waals surface area contributed by atoms with Gasteiger partial charge in [0.1, 0.15) is 0 Å². The molecule has 11 aromatic rings. The molecular weight excluding hydrogens is 749 g/mol. The van der Waals surface area contributed by atoms with E-state index in [1.807, 2.05) is 0 Å². The molecule has 292 valence electrons. The molecule has 0 N–H and O–H groups in total. The zero-order chi connectivity index (χ0) is 41.2. The number of rotatable bonds is 9. The van der Waals surface area contributed by atoms with Crippen LogP contribution in [0.1, 0.15) is 11.1 Å². The predicted molar refractivity (Wildman–Crippen MR) is 267 cm³/mol. The van der Waals surface area contributed by atoms with Crippen LogP contribution in [0.2, 0.25) is 0 Å². The van der Waals surface area contributed by atoms with Gasteiger partial charge in [-0.25, -0.2) is 0 Å². The summed E-state index contributed by atoms with van der Waals surface area (Å²) in [6.45, 7) is 0. The van der Waals surface area contributed by atoms with Crippen LogP contribution in [0.25, 0.3) is 66.4 Å². The Morgan fingerprint density at radius 3 is 0.774 bits per heavy atom. The van der Waals surface area contributed by atoms with E-state index in [1.165, 1.54) is 54.2 Å². The third-order valence-electron chi connectivity index (χ3n) is 12.0. The Labute approximate surface area is 362 Å². The fourth-order valence-corrected chi connectivity index (χ4v) is 8.67. The SMILES string of the molecule is C(=C/c1ccc(N(c2ccc3ccccc3c2)c2ccc3ccccc3c2)cc1)/c1ccc(-c2ccc(N(c3ccc4ccccc4c3)c3ccc4ccccc4c3)cc2)cc1. The lowest BCUT2D eigenvalue weighted by Gasteiger charge is -2.26. The van der Waals surface area contributed by atoms with Crippen molar-refractivity contribution in [1.82, 2.24) is 0 Å². The van der Waals surface area contributed by atoms with Crippen molar-refractivity contribution < 1.29 is 0 Å². The van der Waals surface area contributed by atoms with Crippen LogP contribution >= 0.6 is 0 Å². The molecular formula is C60H42N2. The Bertz CT molecular complexity index is 3240. The smallest absolute Gasteiger partial charge is 0.0468 e. The largest absolute Gasteiger partial charge is 0.310 e. The van der Waals surface area contributed by atoms with Gasteiger partial charge in [0.05, 0.1) is 0 Å². The summed E-state index contributed by atoms with van der Waals surface area (Å²) in [5.41, 5.74) is 11.4. The average Bonchev–Trinajstić information content (AvgIpc) is 3.34. The molecule has 0 bridgehead atoms. The summed E-state index contributed by atoms with van der Waals surface area (Å²) in [5, 5.41) is 9.82. The topological polar surface area (TPSA) is 6.48 Å². The van der Waals surface area contributed by atoms with Crippen molar-refractivity contribution in [3.05, 3.63) is 254 Å². The first-order valence-electron chi connectivity index (χ1n) is 21.2. The number of hydrogen-bond acceptors (Lipinski definition) is 2. The van der Waals surface area contributed by atoms with Crippen LogP contribution in [0.4, 0.5) is 34.1 Å². The van der Waals surface area contributed by atoms with E-state index in [1.54, 1.807) is 0 Å². The lowest BCUT2D eigenvalue weighted by atomic mass is 10.0. The lowest BCUT2D eigenvalue weighted by molar-refractivity contribution is 1.29. The van der Waals surface area contributed by atoms with Gasteiger partial charge in [-0.3, -0.25) is 0 Å². The van der Waals surface area contributed by atoms with Crippen LogP contribution in [0.15, 0.2) is 243 Å². The Balaban J connectivity index is 0.843. The van der Waals surface area contributed by atoms with Gasteiger partial charge in [-0.1, -0.05) is 182 Å². The number of anilines is 6. The molecule has 0 atom stereocenters. The van der Waals surface area contributed by atoms with Crippen LogP contribution in [0.5, 0.6) is 0 Å². The normalized spacial score (nSPS) is 11.5. The van der Waals surface area contributed by atoms with E-state index in [9.17, 15) is 0 Å². The second kappa shape index (κ2) is 16.1. The quantitative estimate of drug-likeness (QED) is 0.134. The summed E-state index contributed by atoms with van der Waals surface area (Å²) in [4.78, 5) is 4.70. The maximum atomic E-state index is 2.35. The molecule has 0 amide bonds. The van der Waals surface area contributed by atoms with Gasteiger partial charge >= 0.3 is 0 Å². The van der Waals surface area contributed by atoms with Crippen molar-refractivity contribution in [3.8, 4) is 11.1 Å². The molecule has 0 unspecified atom stereocenters. The zero-order valence-corrected chi connectivity index (χ0v) is 34.1. The highest BCUT2D eigenvalue weighted by atomic mass is 15.1. The Kier molecular flexibility index (Phi) is 9.57. The van der Waals surface area contributed by atoms with Crippen LogP contribution in [-0.2, 0) is 0 Å². The van der Waals surface area contributed by atoms with Gasteiger partial charge < -0.3 is 9.80 Å². The summed E-state index contributed by atoms with van der Waals surface area (Å²) in [6.07, 6.45) is 4.38. The maximum absolute atomic E-state index is 2.35. The van der Waals surface area contributed by atoms with E-state index in [0.29, 0.717) is 0 Å². The van der Waals surface area contributed by atoms with Crippen LogP contribution in [-0.4, -0.2) is 0 Å². The first kappa shape index (κ1) is 36.8. The lowest BCUT2D eigenvalue weighted by Crippen LogP contribution is -2.09. The standard InChI is InChI=1S/C60H42N2/c1-5-13-51-39-57(35-27-45(51)9-1)61(58-36-28-46-10-2-6-14-52(46)40-58)55-31-21-44(22-32-55)18-17-43-19-23-49(24-20-43)50-25-33-56(34-26-50)62(59-37-29-47-11-3-7-15-53(47)41-59)60-38-30-48-12-4-8-16-54(48)42-60/h1-42H/b18-17-. The highest BCUT2D eigenvalue weighted by molar-refractivity contribution is 5.94. The number of hydrogen-bond donors (Lipinski definition) is 0. The van der Waals surface area contributed by atoms with E-state index >= 15 is 0 Å². The average molecular weight is 791 g/mol. The minimum atomic E-state index is 1.11. The summed E-state index contributed by atoms with van der Waals surface area (Å²) in [6, 6.07) is 87.7. The molecule has 11 rings (SSSR count). The second-order valence-electron chi connectivity index (χ2n) is 15.9. The van der Waals surface area contributed by atoms with E-state index in [0.717, 1.165) is 45.3 Å². The van der Waals surface area contributed by atoms with E-state index in [2.05, 4.69) is 265 Å². The van der Waals surface area contributed by atoms with Gasteiger partial charge in [0.2, 0.25) is 0 Å². The summed E-state index contributed by atoms with van der Waals surface area (Å²) in [7, 11) is 0. The highest BCUT2D eigenvalue weighted by Gasteiger charge is 2.16. The minimum absolute atomic E-state index is 1.11. The first-order valence-corrected chi connectivity index (χ1v) is 21.2. The van der Waals surface area contributed by atoms with Gasteiger partial charge in [0.15, 0.2) is 0 Å². The molecule has 0 aliphatic carbocycles. The van der Waals surface area contributed by atoms with Crippen molar-refractivity contribution in [2.24, 2.45) is 0 Å². The van der Waals surface area contributed by atoms with Gasteiger partial charge in [-0.05, 0) is 138 Å². The van der Waals surface area contributed by atoms with Gasteiger partial charge in [-0.2, -0.15) is 0 Å². The van der Waals surface area contributed by atoms with E-state index in [-0.39, 0.29) is 0 Å². The number of benzene rings is 11. The minimum Gasteiger partial charge on any atom is -0.310 e. The van der Waals surface area contributed by atoms with Gasteiger partial charge in [-0.15, -0.1) is 0 Å². The monoisotopic (exact) mass is 790 g/mol. The van der Waals surface area contributed by atoms with Crippen molar-refractivity contribution >= 4 is 89.4 Å². The van der Waals surface area contributed by atoms with Gasteiger partial charge in [0, 0.05) is 34.1 Å². The fourth-order valence-electron chi connectivity index (χ4n) is 8.67. The molecule has 0 aliphatic heterocycles. The summed E-state index contributed by atoms with van der Waals surface area (Å²) >= 11 is 0. The van der Waals surface area contributed by atoms with E-state index in [4.69, 9.17) is 0 Å². The Morgan fingerprint density at radius 2 is 0.452 bits per heavy atom. The molecule has 0 aliphatic rings. The molecule has 0 saturated carbocycles. The Hall–Kier alpha value is -8.20. The van der Waals surface area contributed by atoms with Crippen molar-refractivity contribution in [2.75, 3.05) is 9.80 Å². The maximum Gasteiger partial charge on any atom is 0.0468 e. The summed E-state index contributed by atoms with van der Waals surface area (Å²) < 4.78 is 0. The van der Waals surface area contributed by atoms with Crippen LogP contribution in [0, 0.1) is 0 Å². The second-order valence-corrected chi connectivity index (χ2v) is 15.9.